The number of nitrogens with one attached hydrogen (secondary N) is 1. The predicted molar refractivity (Wildman–Crippen MR) is 71.3 cm³/mol. The summed E-state index contributed by atoms with van der Waals surface area (Å²) in [6.45, 7) is 1.59. The van der Waals surface area contributed by atoms with Crippen molar-refractivity contribution in [1.82, 2.24) is 15.2 Å². The van der Waals surface area contributed by atoms with Gasteiger partial charge in [-0.2, -0.15) is 0 Å². The van der Waals surface area contributed by atoms with Crippen LogP contribution in [0, 0.1) is 0 Å². The van der Waals surface area contributed by atoms with Crippen LogP contribution in [0.25, 0.3) is 11.4 Å². The zero-order valence-corrected chi connectivity index (χ0v) is 11.3. The molecule has 19 heavy (non-hydrogen) atoms. The number of ether oxygens (including phenoxy) is 1. The quantitative estimate of drug-likeness (QED) is 0.814. The second kappa shape index (κ2) is 5.75. The number of aromatic amines is 1. The Balaban J connectivity index is 2.13. The monoisotopic (exact) mass is 279 g/mol. The number of hydrogen-bond acceptors (Lipinski definition) is 5. The molecule has 1 aromatic heterocycles. The second-order valence-electron chi connectivity index (χ2n) is 3.79. The number of aliphatic carboxylic acids is 1. The highest BCUT2D eigenvalue weighted by Crippen LogP contribution is 2.23. The summed E-state index contributed by atoms with van der Waals surface area (Å²) in [7, 11) is 1.60. The molecule has 0 amide bonds. The maximum absolute atomic E-state index is 10.8. The highest BCUT2D eigenvalue weighted by atomic mass is 32.2. The molecule has 2 rings (SSSR count). The van der Waals surface area contributed by atoms with Gasteiger partial charge in [-0.05, 0) is 31.2 Å². The van der Waals surface area contributed by atoms with Gasteiger partial charge in [0.15, 0.2) is 5.82 Å². The number of aromatic nitrogens is 3. The van der Waals surface area contributed by atoms with Crippen molar-refractivity contribution in [3.05, 3.63) is 24.3 Å². The fraction of sp³-hybridized carbons (Fsp3) is 0.250. The van der Waals surface area contributed by atoms with Gasteiger partial charge in [-0.15, -0.1) is 5.10 Å². The summed E-state index contributed by atoms with van der Waals surface area (Å²) in [5.41, 5.74) is 0.864. The van der Waals surface area contributed by atoms with Gasteiger partial charge in [0, 0.05) is 5.56 Å². The molecule has 0 fully saturated rings. The predicted octanol–water partition coefficient (Wildman–Crippen LogP) is 2.05. The van der Waals surface area contributed by atoms with Crippen LogP contribution in [0.4, 0.5) is 0 Å². The number of carbonyl (C=O) groups is 1. The van der Waals surface area contributed by atoms with E-state index in [9.17, 15) is 4.79 Å². The molecule has 1 aromatic carbocycles. The Kier molecular flexibility index (Phi) is 4.06. The maximum Gasteiger partial charge on any atom is 0.316 e. The Bertz CT molecular complexity index is 568. The Hall–Kier alpha value is -2.02. The number of thioether (sulfide) groups is 1. The van der Waals surface area contributed by atoms with Gasteiger partial charge in [0.1, 0.15) is 11.0 Å². The van der Waals surface area contributed by atoms with Gasteiger partial charge in [0.25, 0.3) is 0 Å². The molecule has 0 saturated carbocycles. The van der Waals surface area contributed by atoms with Gasteiger partial charge >= 0.3 is 5.97 Å². The van der Waals surface area contributed by atoms with E-state index in [1.807, 2.05) is 24.3 Å². The van der Waals surface area contributed by atoms with Crippen molar-refractivity contribution in [2.24, 2.45) is 0 Å². The molecule has 1 heterocycles. The van der Waals surface area contributed by atoms with Crippen LogP contribution in [0.15, 0.2) is 29.4 Å². The fourth-order valence-electron chi connectivity index (χ4n) is 1.39. The molecule has 2 N–H and O–H groups in total. The summed E-state index contributed by atoms with van der Waals surface area (Å²) in [6, 6.07) is 7.36. The van der Waals surface area contributed by atoms with Crippen LogP contribution in [0.3, 0.4) is 0 Å². The topological polar surface area (TPSA) is 88.1 Å². The van der Waals surface area contributed by atoms with Crippen molar-refractivity contribution in [2.45, 2.75) is 17.3 Å². The van der Waals surface area contributed by atoms with Gasteiger partial charge in [-0.25, -0.2) is 4.98 Å². The number of benzene rings is 1. The van der Waals surface area contributed by atoms with Gasteiger partial charge in [-0.3, -0.25) is 9.89 Å². The average Bonchev–Trinajstić information content (AvgIpc) is 2.87. The van der Waals surface area contributed by atoms with Crippen LogP contribution >= 0.6 is 11.8 Å². The van der Waals surface area contributed by atoms with Crippen molar-refractivity contribution < 1.29 is 14.6 Å². The SMILES string of the molecule is COc1ccc(-c2nc(S[C@H](C)C(=O)O)n[nH]2)cc1. The number of carboxylic acid groups (broad SMARTS) is 1. The van der Waals surface area contributed by atoms with Gasteiger partial charge < -0.3 is 9.84 Å². The standard InChI is InChI=1S/C12H13N3O3S/c1-7(11(16)17)19-12-13-10(14-15-12)8-3-5-9(18-2)6-4-8/h3-7H,1-2H3,(H,16,17)(H,13,14,15)/t7-/m1/s1. The highest BCUT2D eigenvalue weighted by Gasteiger charge is 2.16. The molecule has 1 atom stereocenters. The lowest BCUT2D eigenvalue weighted by atomic mass is 10.2. The van der Waals surface area contributed by atoms with Crippen LogP contribution in [0.5, 0.6) is 5.75 Å². The van der Waals surface area contributed by atoms with Crippen LogP contribution in [-0.4, -0.2) is 38.6 Å². The third-order valence-electron chi connectivity index (χ3n) is 2.46. The summed E-state index contributed by atoms with van der Waals surface area (Å²) in [5.74, 6) is 0.473. The minimum absolute atomic E-state index is 0.417. The molecular formula is C12H13N3O3S. The summed E-state index contributed by atoms with van der Waals surface area (Å²) in [4.78, 5) is 15.0. The van der Waals surface area contributed by atoms with E-state index in [2.05, 4.69) is 15.2 Å². The largest absolute Gasteiger partial charge is 0.497 e. The molecule has 0 spiro atoms. The maximum atomic E-state index is 10.8. The first-order valence-electron chi connectivity index (χ1n) is 5.56. The molecule has 7 heteroatoms. The van der Waals surface area contributed by atoms with Crippen LogP contribution in [-0.2, 0) is 4.79 Å². The minimum atomic E-state index is -0.888. The molecule has 0 saturated heterocycles. The van der Waals surface area contributed by atoms with E-state index in [0.717, 1.165) is 23.1 Å². The zero-order chi connectivity index (χ0) is 13.8. The van der Waals surface area contributed by atoms with E-state index < -0.39 is 11.2 Å². The van der Waals surface area contributed by atoms with Gasteiger partial charge in [0.05, 0.1) is 7.11 Å². The van der Waals surface area contributed by atoms with Gasteiger partial charge in [0.2, 0.25) is 5.16 Å². The Morgan fingerprint density at radius 2 is 2.11 bits per heavy atom. The van der Waals surface area contributed by atoms with E-state index in [4.69, 9.17) is 9.84 Å². The summed E-state index contributed by atoms with van der Waals surface area (Å²) < 4.78 is 5.07. The van der Waals surface area contributed by atoms with E-state index in [1.165, 1.54) is 0 Å². The second-order valence-corrected chi connectivity index (χ2v) is 5.10. The molecule has 0 aliphatic rings. The Labute approximate surface area is 114 Å². The molecule has 100 valence electrons. The molecule has 0 aliphatic heterocycles. The van der Waals surface area contributed by atoms with E-state index in [1.54, 1.807) is 14.0 Å². The lowest BCUT2D eigenvalue weighted by Crippen LogP contribution is -2.11. The number of hydrogen-bond donors (Lipinski definition) is 2. The minimum Gasteiger partial charge on any atom is -0.497 e. The molecule has 2 aromatic rings. The van der Waals surface area contributed by atoms with E-state index >= 15 is 0 Å². The zero-order valence-electron chi connectivity index (χ0n) is 10.5. The van der Waals surface area contributed by atoms with Crippen molar-refractivity contribution in [2.75, 3.05) is 7.11 Å². The number of carboxylic acids is 1. The lowest BCUT2D eigenvalue weighted by Gasteiger charge is -2.01. The highest BCUT2D eigenvalue weighted by molar-refractivity contribution is 8.00. The van der Waals surface area contributed by atoms with Crippen molar-refractivity contribution in [1.29, 1.82) is 0 Å². The molecule has 0 aliphatic carbocycles. The van der Waals surface area contributed by atoms with Gasteiger partial charge in [-0.1, -0.05) is 11.8 Å². The summed E-state index contributed by atoms with van der Waals surface area (Å²) >= 11 is 1.10. The van der Waals surface area contributed by atoms with Crippen LogP contribution in [0.2, 0.25) is 0 Å². The van der Waals surface area contributed by atoms with E-state index in [-0.39, 0.29) is 0 Å². The van der Waals surface area contributed by atoms with E-state index in [0.29, 0.717) is 11.0 Å². The fourth-order valence-corrected chi connectivity index (χ4v) is 2.05. The third kappa shape index (κ3) is 3.25. The van der Waals surface area contributed by atoms with Crippen LogP contribution < -0.4 is 4.74 Å². The number of H-pyrrole nitrogens is 1. The number of rotatable bonds is 5. The first-order valence-corrected chi connectivity index (χ1v) is 6.44. The number of methoxy groups -OCH3 is 1. The average molecular weight is 279 g/mol. The van der Waals surface area contributed by atoms with Crippen molar-refractivity contribution >= 4 is 17.7 Å². The molecular weight excluding hydrogens is 266 g/mol. The Morgan fingerprint density at radius 3 is 2.68 bits per heavy atom. The Morgan fingerprint density at radius 1 is 1.42 bits per heavy atom. The van der Waals surface area contributed by atoms with Crippen molar-refractivity contribution in [3.63, 3.8) is 0 Å². The summed E-state index contributed by atoms with van der Waals surface area (Å²) in [5, 5.41) is 15.4. The normalized spacial score (nSPS) is 12.1. The molecule has 0 radical (unpaired) electrons. The molecule has 0 bridgehead atoms. The number of nitrogens with zero attached hydrogens (tertiary/aromatic N) is 2. The first-order chi connectivity index (χ1) is 9.10. The molecule has 6 nitrogen and oxygen atoms in total. The first kappa shape index (κ1) is 13.4. The lowest BCUT2D eigenvalue weighted by molar-refractivity contribution is -0.136. The summed E-state index contributed by atoms with van der Waals surface area (Å²) in [6.07, 6.45) is 0. The third-order valence-corrected chi connectivity index (χ3v) is 3.41. The molecule has 0 unspecified atom stereocenters. The van der Waals surface area contributed by atoms with Crippen LogP contribution in [0.1, 0.15) is 6.92 Å². The van der Waals surface area contributed by atoms with Crippen molar-refractivity contribution in [3.8, 4) is 17.1 Å². The smallest absolute Gasteiger partial charge is 0.316 e.